The predicted octanol–water partition coefficient (Wildman–Crippen LogP) is 2.04. The van der Waals surface area contributed by atoms with Crippen LogP contribution in [-0.4, -0.2) is 82.2 Å². The molecule has 2 rings (SSSR count). The van der Waals surface area contributed by atoms with Crippen LogP contribution in [0.2, 0.25) is 0 Å². The van der Waals surface area contributed by atoms with Gasteiger partial charge in [-0.3, -0.25) is 19.2 Å². The monoisotopic (exact) mass is 641 g/mol. The molecule has 46 heavy (non-hydrogen) atoms. The third-order valence-electron chi connectivity index (χ3n) is 6.89. The van der Waals surface area contributed by atoms with Crippen molar-refractivity contribution in [2.24, 2.45) is 0 Å². The molecule has 3 amide bonds. The van der Waals surface area contributed by atoms with Gasteiger partial charge < -0.3 is 34.9 Å². The molecule has 2 aromatic carbocycles. The first-order valence-corrected chi connectivity index (χ1v) is 15.0. The van der Waals surface area contributed by atoms with E-state index in [1.165, 1.54) is 33.5 Å². The summed E-state index contributed by atoms with van der Waals surface area (Å²) in [6.45, 7) is 1.99. The lowest BCUT2D eigenvalue weighted by Gasteiger charge is -2.24. The summed E-state index contributed by atoms with van der Waals surface area (Å²) in [5.41, 5.74) is 1.26. The van der Waals surface area contributed by atoms with Crippen LogP contribution in [0.5, 0.6) is 5.75 Å². The molecule has 13 nitrogen and oxygen atoms in total. The minimum atomic E-state index is -1.09. The van der Waals surface area contributed by atoms with E-state index in [0.717, 1.165) is 24.8 Å². The van der Waals surface area contributed by atoms with E-state index in [2.05, 4.69) is 25.4 Å². The van der Waals surface area contributed by atoms with Crippen LogP contribution in [0.4, 0.5) is 0 Å². The first-order valence-electron chi connectivity index (χ1n) is 15.0. The van der Waals surface area contributed by atoms with E-state index in [1.54, 1.807) is 30.3 Å². The minimum Gasteiger partial charge on any atom is -0.481 e. The van der Waals surface area contributed by atoms with Crippen LogP contribution in [0.25, 0.3) is 0 Å². The number of amides is 3. The number of ether oxygens (including phenoxy) is 4. The van der Waals surface area contributed by atoms with E-state index in [0.29, 0.717) is 12.1 Å². The molecule has 0 aliphatic heterocycles. The van der Waals surface area contributed by atoms with Crippen LogP contribution >= 0.6 is 0 Å². The molecule has 0 fully saturated rings. The molecule has 0 unspecified atom stereocenters. The van der Waals surface area contributed by atoms with Crippen molar-refractivity contribution in [3.05, 3.63) is 65.2 Å². The molecule has 0 heterocycles. The quantitative estimate of drug-likeness (QED) is 0.117. The summed E-state index contributed by atoms with van der Waals surface area (Å²) < 4.78 is 19.5. The highest BCUT2D eigenvalue weighted by atomic mass is 16.6. The number of nitrogens with one attached hydrogen (secondary N) is 3. The second-order valence-corrected chi connectivity index (χ2v) is 10.3. The van der Waals surface area contributed by atoms with E-state index in [4.69, 9.17) is 9.47 Å². The van der Waals surface area contributed by atoms with Gasteiger partial charge in [-0.15, -0.1) is 0 Å². The van der Waals surface area contributed by atoms with Gasteiger partial charge in [-0.05, 0) is 29.7 Å². The van der Waals surface area contributed by atoms with Gasteiger partial charge in [-0.25, -0.2) is 9.59 Å². The average molecular weight is 642 g/mol. The molecule has 0 saturated heterocycles. The minimum absolute atomic E-state index is 0.0113. The summed E-state index contributed by atoms with van der Waals surface area (Å²) >= 11 is 0. The molecule has 3 N–H and O–H groups in total. The van der Waals surface area contributed by atoms with Crippen LogP contribution in [0, 0.1) is 0 Å². The fourth-order valence-electron chi connectivity index (χ4n) is 4.37. The molecule has 0 aliphatic rings. The molecule has 0 saturated carbocycles. The van der Waals surface area contributed by atoms with Crippen molar-refractivity contribution in [2.75, 3.05) is 34.5 Å². The Labute approximate surface area is 268 Å². The standard InChI is InChI=1S/C33H43N3O10/c1-5-6-10-17-34-31(40)25(20-23-13-14-27(46-21-30(39)44-3)24(18-23)33(42)45-4)36-32(41)26(19-22-11-8-7-9-12-22)35-28(37)15-16-29(38)43-2/h7-9,11-14,18,25-26H,5-6,10,15-17,19-21H2,1-4H3,(H,34,40)(H,35,37)(H,36,41)/t25-,26-/m0/s1. The van der Waals surface area contributed by atoms with E-state index >= 15 is 0 Å². The van der Waals surface area contributed by atoms with Crippen LogP contribution in [0.1, 0.15) is 60.5 Å². The molecule has 2 aromatic rings. The lowest BCUT2D eigenvalue weighted by Crippen LogP contribution is -2.55. The molecule has 2 atom stereocenters. The van der Waals surface area contributed by atoms with Crippen molar-refractivity contribution in [3.8, 4) is 5.75 Å². The summed E-state index contributed by atoms with van der Waals surface area (Å²) in [4.78, 5) is 75.4. The van der Waals surface area contributed by atoms with E-state index < -0.39 is 54.3 Å². The Hall–Kier alpha value is -4.94. The van der Waals surface area contributed by atoms with Crippen molar-refractivity contribution in [1.29, 1.82) is 0 Å². The molecule has 0 aliphatic carbocycles. The van der Waals surface area contributed by atoms with Gasteiger partial charge in [-0.2, -0.15) is 0 Å². The normalized spacial score (nSPS) is 11.7. The van der Waals surface area contributed by atoms with Crippen molar-refractivity contribution >= 4 is 35.6 Å². The molecule has 0 aromatic heterocycles. The Morgan fingerprint density at radius 1 is 0.717 bits per heavy atom. The Morgan fingerprint density at radius 2 is 1.39 bits per heavy atom. The van der Waals surface area contributed by atoms with E-state index in [-0.39, 0.29) is 37.0 Å². The zero-order valence-electron chi connectivity index (χ0n) is 26.7. The summed E-state index contributed by atoms with van der Waals surface area (Å²) in [7, 11) is 3.62. The van der Waals surface area contributed by atoms with Gasteiger partial charge >= 0.3 is 17.9 Å². The van der Waals surface area contributed by atoms with Gasteiger partial charge in [0.25, 0.3) is 0 Å². The summed E-state index contributed by atoms with van der Waals surface area (Å²) in [5, 5.41) is 8.29. The number of hydrogen-bond acceptors (Lipinski definition) is 10. The predicted molar refractivity (Wildman–Crippen MR) is 167 cm³/mol. The van der Waals surface area contributed by atoms with Crippen LogP contribution in [0.15, 0.2) is 48.5 Å². The lowest BCUT2D eigenvalue weighted by atomic mass is 10.0. The smallest absolute Gasteiger partial charge is 0.343 e. The summed E-state index contributed by atoms with van der Waals surface area (Å²) in [6, 6.07) is 11.4. The first kappa shape index (κ1) is 37.2. The molecule has 0 bridgehead atoms. The number of methoxy groups -OCH3 is 3. The van der Waals surface area contributed by atoms with Crippen LogP contribution in [0.3, 0.4) is 0 Å². The van der Waals surface area contributed by atoms with Crippen LogP contribution < -0.4 is 20.7 Å². The number of rotatable bonds is 19. The SMILES string of the molecule is CCCCCNC(=O)[C@H](Cc1ccc(OCC(=O)OC)c(C(=O)OC)c1)NC(=O)[C@H](Cc1ccccc1)NC(=O)CCC(=O)OC. The zero-order chi connectivity index (χ0) is 33.9. The van der Waals surface area contributed by atoms with Gasteiger partial charge in [0, 0.05) is 25.8 Å². The summed E-state index contributed by atoms with van der Waals surface area (Å²) in [5.74, 6) is -3.47. The Morgan fingerprint density at radius 3 is 2.04 bits per heavy atom. The largest absolute Gasteiger partial charge is 0.481 e. The van der Waals surface area contributed by atoms with Gasteiger partial charge in [-0.1, -0.05) is 56.2 Å². The fourth-order valence-corrected chi connectivity index (χ4v) is 4.37. The summed E-state index contributed by atoms with van der Waals surface area (Å²) in [6.07, 6.45) is 2.35. The number of hydrogen-bond donors (Lipinski definition) is 3. The Kier molecular flexibility index (Phi) is 16.3. The van der Waals surface area contributed by atoms with Gasteiger partial charge in [0.15, 0.2) is 6.61 Å². The van der Waals surface area contributed by atoms with Gasteiger partial charge in [0.2, 0.25) is 17.7 Å². The number of benzene rings is 2. The maximum atomic E-state index is 13.7. The molecule has 0 spiro atoms. The second kappa shape index (κ2) is 20.2. The van der Waals surface area contributed by atoms with E-state index in [9.17, 15) is 28.8 Å². The third-order valence-corrected chi connectivity index (χ3v) is 6.89. The number of carbonyl (C=O) groups is 6. The number of carbonyl (C=O) groups excluding carboxylic acids is 6. The maximum absolute atomic E-state index is 13.7. The molecular formula is C33H43N3O10. The third kappa shape index (κ3) is 13.0. The Bertz CT molecular complexity index is 1330. The van der Waals surface area contributed by atoms with Crippen molar-refractivity contribution in [3.63, 3.8) is 0 Å². The molecule has 0 radical (unpaired) electrons. The zero-order valence-corrected chi connectivity index (χ0v) is 26.7. The van der Waals surface area contributed by atoms with E-state index in [1.807, 2.05) is 13.0 Å². The van der Waals surface area contributed by atoms with Gasteiger partial charge in [0.05, 0.1) is 27.8 Å². The maximum Gasteiger partial charge on any atom is 0.343 e. The fraction of sp³-hybridized carbons (Fsp3) is 0.455. The highest BCUT2D eigenvalue weighted by Crippen LogP contribution is 2.22. The first-order chi connectivity index (χ1) is 22.1. The molecule has 13 heteroatoms. The Balaban J connectivity index is 2.35. The average Bonchev–Trinajstić information content (AvgIpc) is 3.07. The van der Waals surface area contributed by atoms with Crippen molar-refractivity contribution in [1.82, 2.24) is 16.0 Å². The lowest BCUT2D eigenvalue weighted by molar-refractivity contribution is -0.143. The van der Waals surface area contributed by atoms with Gasteiger partial charge in [0.1, 0.15) is 23.4 Å². The molecule has 250 valence electrons. The van der Waals surface area contributed by atoms with Crippen molar-refractivity contribution < 1.29 is 47.7 Å². The highest BCUT2D eigenvalue weighted by molar-refractivity contribution is 5.94. The number of unbranched alkanes of at least 4 members (excludes halogenated alkanes) is 2. The second-order valence-electron chi connectivity index (χ2n) is 10.3. The topological polar surface area (TPSA) is 175 Å². The van der Waals surface area contributed by atoms with Crippen LogP contribution in [-0.2, 0) is 51.0 Å². The van der Waals surface area contributed by atoms with Crippen molar-refractivity contribution in [2.45, 2.75) is 64.0 Å². The number of esters is 3. The molecular weight excluding hydrogens is 598 g/mol. The highest BCUT2D eigenvalue weighted by Gasteiger charge is 2.28.